The number of anilines is 1. The molecule has 0 aliphatic carbocycles. The van der Waals surface area contributed by atoms with E-state index in [4.69, 9.17) is 21.5 Å². The van der Waals surface area contributed by atoms with Crippen LogP contribution in [0.1, 0.15) is 32.1 Å². The predicted octanol–water partition coefficient (Wildman–Crippen LogP) is 2.28. The van der Waals surface area contributed by atoms with Crippen molar-refractivity contribution in [2.45, 2.75) is 43.8 Å². The van der Waals surface area contributed by atoms with Crippen molar-refractivity contribution in [3.8, 4) is 6.01 Å². The maximum atomic E-state index is 14.9. The molecule has 5 heterocycles. The van der Waals surface area contributed by atoms with Crippen LogP contribution in [0.25, 0.3) is 10.9 Å². The van der Waals surface area contributed by atoms with Gasteiger partial charge >= 0.3 is 6.01 Å². The number of sulfonamides is 1. The fourth-order valence-electron chi connectivity index (χ4n) is 5.67. The Labute approximate surface area is 201 Å². The van der Waals surface area contributed by atoms with E-state index in [1.54, 1.807) is 0 Å². The molecule has 0 amide bonds. The van der Waals surface area contributed by atoms with Crippen LogP contribution in [0.2, 0.25) is 5.15 Å². The minimum absolute atomic E-state index is 0.0239. The Hall–Kier alpha value is -1.89. The van der Waals surface area contributed by atoms with Gasteiger partial charge in [0, 0.05) is 32.3 Å². The number of nitrogens with zero attached hydrogens (tertiary/aromatic N) is 5. The van der Waals surface area contributed by atoms with Gasteiger partial charge < -0.3 is 9.64 Å². The first-order chi connectivity index (χ1) is 16.1. The summed E-state index contributed by atoms with van der Waals surface area (Å²) in [5.74, 6) is -0.708. The smallest absolute Gasteiger partial charge is 0.319 e. The normalized spacial score (nSPS) is 27.9. The lowest BCUT2D eigenvalue weighted by Crippen LogP contribution is -2.43. The van der Waals surface area contributed by atoms with Gasteiger partial charge in [-0.1, -0.05) is 11.6 Å². The van der Waals surface area contributed by atoms with Crippen LogP contribution in [0.5, 0.6) is 6.01 Å². The van der Waals surface area contributed by atoms with Gasteiger partial charge in [0.2, 0.25) is 10.0 Å². The van der Waals surface area contributed by atoms with E-state index >= 15 is 0 Å². The molecule has 34 heavy (non-hydrogen) atoms. The Morgan fingerprint density at radius 3 is 2.88 bits per heavy atom. The highest BCUT2D eigenvalue weighted by atomic mass is 35.5. The molecule has 1 unspecified atom stereocenters. The van der Waals surface area contributed by atoms with Crippen molar-refractivity contribution in [1.82, 2.24) is 19.9 Å². The van der Waals surface area contributed by atoms with E-state index in [2.05, 4.69) is 19.9 Å². The van der Waals surface area contributed by atoms with Gasteiger partial charge in [0.15, 0.2) is 11.0 Å². The summed E-state index contributed by atoms with van der Waals surface area (Å²) in [5.41, 5.74) is -0.429. The first-order valence-corrected chi connectivity index (χ1v) is 13.5. The Kier molecular flexibility index (Phi) is 6.28. The fourth-order valence-corrected chi connectivity index (χ4v) is 6.74. The molecule has 3 saturated heterocycles. The third kappa shape index (κ3) is 4.65. The Morgan fingerprint density at radius 2 is 2.09 bits per heavy atom. The van der Waals surface area contributed by atoms with E-state index in [1.165, 1.54) is 6.20 Å². The molecule has 0 saturated carbocycles. The number of rotatable bonds is 6. The van der Waals surface area contributed by atoms with Crippen molar-refractivity contribution < 1.29 is 21.9 Å². The third-order valence-electron chi connectivity index (χ3n) is 7.12. The monoisotopic (exact) mass is 516 g/mol. The quantitative estimate of drug-likeness (QED) is 0.581. The van der Waals surface area contributed by atoms with Crippen LogP contribution in [0, 0.1) is 11.7 Å². The summed E-state index contributed by atoms with van der Waals surface area (Å²) in [5, 5.41) is 5.30. The number of fused-ring (bicyclic) bond motifs is 2. The van der Waals surface area contributed by atoms with Crippen LogP contribution in [0.4, 0.5) is 14.6 Å². The summed E-state index contributed by atoms with van der Waals surface area (Å²) in [6.07, 6.45) is 4.11. The van der Waals surface area contributed by atoms with Crippen LogP contribution in [0.3, 0.4) is 0 Å². The largest absolute Gasteiger partial charge is 0.461 e. The van der Waals surface area contributed by atoms with E-state index in [-0.39, 0.29) is 35.0 Å². The molecule has 3 aliphatic heterocycles. The average Bonchev–Trinajstić information content (AvgIpc) is 3.29. The summed E-state index contributed by atoms with van der Waals surface area (Å²) >= 11 is 5.91. The molecule has 13 heteroatoms. The number of piperidine rings is 1. The molecule has 3 aliphatic rings. The van der Waals surface area contributed by atoms with Crippen molar-refractivity contribution in [2.75, 3.05) is 43.4 Å². The maximum Gasteiger partial charge on any atom is 0.319 e. The maximum absolute atomic E-state index is 14.9. The summed E-state index contributed by atoms with van der Waals surface area (Å²) in [7, 11) is -3.63. The molecule has 2 N–H and O–H groups in total. The van der Waals surface area contributed by atoms with Gasteiger partial charge in [-0.2, -0.15) is 9.97 Å². The minimum atomic E-state index is -3.63. The van der Waals surface area contributed by atoms with E-state index in [9.17, 15) is 17.2 Å². The number of ether oxygens (including phenoxy) is 1. The van der Waals surface area contributed by atoms with Gasteiger partial charge in [-0.3, -0.25) is 4.90 Å². The van der Waals surface area contributed by atoms with Gasteiger partial charge in [0.1, 0.15) is 24.1 Å². The van der Waals surface area contributed by atoms with Crippen molar-refractivity contribution in [3.05, 3.63) is 17.2 Å². The average molecular weight is 517 g/mol. The van der Waals surface area contributed by atoms with E-state index < -0.39 is 27.6 Å². The Bertz CT molecular complexity index is 1200. The second-order valence-electron chi connectivity index (χ2n) is 9.60. The first-order valence-electron chi connectivity index (χ1n) is 11.4. The number of nitrogens with two attached hydrogens (primary N) is 1. The second-order valence-corrected chi connectivity index (χ2v) is 11.6. The van der Waals surface area contributed by atoms with Crippen LogP contribution in [0.15, 0.2) is 6.20 Å². The molecule has 186 valence electrons. The summed E-state index contributed by atoms with van der Waals surface area (Å²) in [6.45, 7) is 2.39. The van der Waals surface area contributed by atoms with Crippen molar-refractivity contribution >= 4 is 38.3 Å². The van der Waals surface area contributed by atoms with Gasteiger partial charge in [0.05, 0.1) is 16.7 Å². The molecule has 0 aromatic carbocycles. The lowest BCUT2D eigenvalue weighted by Gasteiger charge is -2.34. The molecule has 3 atom stereocenters. The number of hydrogen-bond donors (Lipinski definition) is 1. The summed E-state index contributed by atoms with van der Waals surface area (Å²) < 4.78 is 58.3. The topological polar surface area (TPSA) is 115 Å². The zero-order valence-corrected chi connectivity index (χ0v) is 20.2. The van der Waals surface area contributed by atoms with E-state index in [0.717, 1.165) is 25.8 Å². The zero-order valence-electron chi connectivity index (χ0n) is 18.6. The van der Waals surface area contributed by atoms with E-state index in [0.29, 0.717) is 43.7 Å². The molecule has 2 aromatic rings. The fraction of sp³-hybridized carbons (Fsp3) is 0.667. The number of pyridine rings is 1. The molecule has 3 fully saturated rings. The Morgan fingerprint density at radius 1 is 1.26 bits per heavy atom. The van der Waals surface area contributed by atoms with Gasteiger partial charge in [-0.05, 0) is 38.1 Å². The number of aromatic nitrogens is 3. The zero-order chi connectivity index (χ0) is 24.1. The van der Waals surface area contributed by atoms with Gasteiger partial charge in [-0.15, -0.1) is 0 Å². The molecule has 0 radical (unpaired) electrons. The standard InChI is InChI=1S/C21H27ClF2N6O3S/c22-18-16(24)17-15(8-26-18)19(29-5-1-3-13(9-29)11-34(25,31)32)28-20(27-17)33-12-21-4-2-6-30(21)10-14(23)7-21/h8,13-14H,1-7,9-12H2,(H2,25,31,32)/t13?,14-,21+/m1/s1. The molecule has 0 spiro atoms. The summed E-state index contributed by atoms with van der Waals surface area (Å²) in [4.78, 5) is 16.8. The predicted molar refractivity (Wildman–Crippen MR) is 124 cm³/mol. The molecule has 0 bridgehead atoms. The van der Waals surface area contributed by atoms with Crippen LogP contribution in [-0.4, -0.2) is 78.5 Å². The highest BCUT2D eigenvalue weighted by molar-refractivity contribution is 7.89. The molecule has 9 nitrogen and oxygen atoms in total. The van der Waals surface area contributed by atoms with Crippen LogP contribution < -0.4 is 14.8 Å². The first kappa shape index (κ1) is 23.8. The lowest BCUT2D eigenvalue weighted by atomic mass is 9.95. The minimum Gasteiger partial charge on any atom is -0.461 e. The second kappa shape index (κ2) is 8.96. The van der Waals surface area contributed by atoms with Crippen LogP contribution in [-0.2, 0) is 10.0 Å². The van der Waals surface area contributed by atoms with Crippen LogP contribution >= 0.6 is 11.6 Å². The number of alkyl halides is 1. The van der Waals surface area contributed by atoms with Gasteiger partial charge in [-0.25, -0.2) is 27.3 Å². The van der Waals surface area contributed by atoms with E-state index in [1.807, 2.05) is 4.90 Å². The van der Waals surface area contributed by atoms with Gasteiger partial charge in [0.25, 0.3) is 0 Å². The number of hydrogen-bond acceptors (Lipinski definition) is 8. The lowest BCUT2D eigenvalue weighted by molar-refractivity contribution is 0.107. The highest BCUT2D eigenvalue weighted by Gasteiger charge is 2.49. The SMILES string of the molecule is NS(=O)(=O)CC1CCCN(c2nc(OC[C@@]34CCCN3C[C@H](F)C4)nc3c(F)c(Cl)ncc23)C1. The third-order valence-corrected chi connectivity index (χ3v) is 8.32. The number of primary sulfonamides is 1. The molecular formula is C21H27ClF2N6O3S. The highest BCUT2D eigenvalue weighted by Crippen LogP contribution is 2.40. The Balaban J connectivity index is 1.47. The molecule has 5 rings (SSSR count). The molecular weight excluding hydrogens is 490 g/mol. The van der Waals surface area contributed by atoms with Crippen molar-refractivity contribution in [2.24, 2.45) is 11.1 Å². The molecule has 2 aromatic heterocycles. The van der Waals surface area contributed by atoms with Crippen molar-refractivity contribution in [3.63, 3.8) is 0 Å². The number of halogens is 3. The van der Waals surface area contributed by atoms with Crippen molar-refractivity contribution in [1.29, 1.82) is 0 Å². The summed E-state index contributed by atoms with van der Waals surface area (Å²) in [6, 6.07) is -0.0271.